The normalized spacial score (nSPS) is 11.5. The number of rotatable bonds is 6. The van der Waals surface area contributed by atoms with E-state index in [1.165, 1.54) is 0 Å². The van der Waals surface area contributed by atoms with Gasteiger partial charge in [-0.05, 0) is 39.1 Å². The monoisotopic (exact) mass is 499 g/mol. The van der Waals surface area contributed by atoms with Crippen molar-refractivity contribution in [1.82, 2.24) is 20.9 Å². The lowest BCUT2D eigenvalue weighted by Gasteiger charge is -2.19. The summed E-state index contributed by atoms with van der Waals surface area (Å²) in [5.74, 6) is 0.679. The number of aromatic nitrogens is 1. The molecule has 0 spiro atoms. The standard InChI is InChI=1S/C20H29N5O2.HI/c1-5-21-18(23-12-13-24-19(26)27-20(2,3)4)25-14-17-16-9-7-6-8-15(16)10-11-22-17;/h6-11H,5,12-14H2,1-4H3,(H,24,26)(H2,21,23,25);1H. The average Bonchev–Trinajstić information content (AvgIpc) is 2.61. The number of carbonyl (C=O) groups excluding carboxylic acids is 1. The van der Waals surface area contributed by atoms with Gasteiger partial charge in [0.1, 0.15) is 5.60 Å². The predicted octanol–water partition coefficient (Wildman–Crippen LogP) is 3.43. The molecule has 2 aromatic rings. The van der Waals surface area contributed by atoms with Crippen LogP contribution in [0.5, 0.6) is 0 Å². The molecule has 8 heteroatoms. The van der Waals surface area contributed by atoms with Crippen LogP contribution in [0.2, 0.25) is 0 Å². The lowest BCUT2D eigenvalue weighted by atomic mass is 10.1. The fourth-order valence-electron chi connectivity index (χ4n) is 2.46. The van der Waals surface area contributed by atoms with E-state index < -0.39 is 11.7 Å². The molecule has 154 valence electrons. The molecule has 0 unspecified atom stereocenters. The molecule has 1 aromatic heterocycles. The minimum absolute atomic E-state index is 0. The van der Waals surface area contributed by atoms with Crippen LogP contribution < -0.4 is 16.0 Å². The molecular weight excluding hydrogens is 469 g/mol. The Hall–Kier alpha value is -2.10. The molecule has 0 aliphatic rings. The molecular formula is C20H30IN5O2. The topological polar surface area (TPSA) is 87.6 Å². The Morgan fingerprint density at radius 2 is 1.82 bits per heavy atom. The number of alkyl carbamates (subject to hydrolysis) is 1. The summed E-state index contributed by atoms with van der Waals surface area (Å²) >= 11 is 0. The zero-order valence-electron chi connectivity index (χ0n) is 16.9. The van der Waals surface area contributed by atoms with Gasteiger partial charge in [-0.1, -0.05) is 24.3 Å². The van der Waals surface area contributed by atoms with Crippen LogP contribution in [0.3, 0.4) is 0 Å². The van der Waals surface area contributed by atoms with Crippen molar-refractivity contribution >= 4 is 46.8 Å². The van der Waals surface area contributed by atoms with Gasteiger partial charge in [0.05, 0.1) is 12.2 Å². The molecule has 0 saturated heterocycles. The average molecular weight is 499 g/mol. The van der Waals surface area contributed by atoms with Gasteiger partial charge in [0, 0.05) is 31.2 Å². The summed E-state index contributed by atoms with van der Waals surface area (Å²) in [4.78, 5) is 20.7. The molecule has 1 aromatic carbocycles. The van der Waals surface area contributed by atoms with Crippen molar-refractivity contribution in [2.24, 2.45) is 4.99 Å². The van der Waals surface area contributed by atoms with Crippen molar-refractivity contribution in [2.45, 2.75) is 39.8 Å². The number of fused-ring (bicyclic) bond motifs is 1. The highest BCUT2D eigenvalue weighted by molar-refractivity contribution is 14.0. The fraction of sp³-hybridized carbons (Fsp3) is 0.450. The van der Waals surface area contributed by atoms with Crippen LogP contribution in [-0.4, -0.2) is 42.3 Å². The van der Waals surface area contributed by atoms with Crippen molar-refractivity contribution in [3.05, 3.63) is 42.2 Å². The quantitative estimate of drug-likeness (QED) is 0.246. The first-order chi connectivity index (χ1) is 12.9. The number of carbonyl (C=O) groups is 1. The number of halogens is 1. The van der Waals surface area contributed by atoms with Gasteiger partial charge in [0.15, 0.2) is 5.96 Å². The second kappa shape index (κ2) is 11.7. The molecule has 0 aliphatic heterocycles. The molecule has 28 heavy (non-hydrogen) atoms. The van der Waals surface area contributed by atoms with Gasteiger partial charge in [-0.15, -0.1) is 24.0 Å². The summed E-state index contributed by atoms with van der Waals surface area (Å²) < 4.78 is 5.21. The van der Waals surface area contributed by atoms with Crippen LogP contribution in [0, 0.1) is 0 Å². The Labute approximate surface area is 183 Å². The number of hydrogen-bond acceptors (Lipinski definition) is 4. The van der Waals surface area contributed by atoms with Crippen LogP contribution in [0.4, 0.5) is 4.79 Å². The molecule has 0 fully saturated rings. The predicted molar refractivity (Wildman–Crippen MR) is 124 cm³/mol. The summed E-state index contributed by atoms with van der Waals surface area (Å²) in [6.45, 7) is 9.70. The lowest BCUT2D eigenvalue weighted by Crippen LogP contribution is -2.42. The van der Waals surface area contributed by atoms with Crippen LogP contribution >= 0.6 is 24.0 Å². The van der Waals surface area contributed by atoms with Gasteiger partial charge in [0.25, 0.3) is 0 Å². The van der Waals surface area contributed by atoms with E-state index >= 15 is 0 Å². The number of aliphatic imine (C=N–C) groups is 1. The first kappa shape index (κ1) is 23.9. The van der Waals surface area contributed by atoms with E-state index in [1.54, 1.807) is 6.20 Å². The first-order valence-corrected chi connectivity index (χ1v) is 9.20. The van der Waals surface area contributed by atoms with Crippen LogP contribution in [0.1, 0.15) is 33.4 Å². The SMILES string of the molecule is CCNC(=NCc1nccc2ccccc12)NCCNC(=O)OC(C)(C)C.I. The van der Waals surface area contributed by atoms with Crippen LogP contribution in [-0.2, 0) is 11.3 Å². The Morgan fingerprint density at radius 1 is 1.11 bits per heavy atom. The molecule has 0 aliphatic carbocycles. The number of nitrogens with one attached hydrogen (secondary N) is 3. The van der Waals surface area contributed by atoms with Crippen molar-refractivity contribution in [3.63, 3.8) is 0 Å². The Morgan fingerprint density at radius 3 is 2.54 bits per heavy atom. The van der Waals surface area contributed by atoms with E-state index in [4.69, 9.17) is 4.74 Å². The molecule has 0 atom stereocenters. The van der Waals surface area contributed by atoms with Crippen molar-refractivity contribution < 1.29 is 9.53 Å². The molecule has 1 heterocycles. The maximum Gasteiger partial charge on any atom is 0.407 e. The second-order valence-corrected chi connectivity index (χ2v) is 7.03. The van der Waals surface area contributed by atoms with Crippen molar-refractivity contribution in [1.29, 1.82) is 0 Å². The third-order valence-corrected chi connectivity index (χ3v) is 3.57. The van der Waals surface area contributed by atoms with E-state index in [2.05, 4.69) is 38.1 Å². The second-order valence-electron chi connectivity index (χ2n) is 7.03. The molecule has 1 amide bonds. The summed E-state index contributed by atoms with van der Waals surface area (Å²) in [5, 5.41) is 11.4. The number of guanidine groups is 1. The highest BCUT2D eigenvalue weighted by Crippen LogP contribution is 2.16. The number of benzene rings is 1. The minimum atomic E-state index is -0.501. The maximum atomic E-state index is 11.6. The Balaban J connectivity index is 0.00000392. The Bertz CT molecular complexity index is 784. The van der Waals surface area contributed by atoms with Gasteiger partial charge in [-0.3, -0.25) is 4.98 Å². The fourth-order valence-corrected chi connectivity index (χ4v) is 2.46. The molecule has 3 N–H and O–H groups in total. The van der Waals surface area contributed by atoms with E-state index in [9.17, 15) is 4.79 Å². The number of nitrogens with zero attached hydrogens (tertiary/aromatic N) is 2. The van der Waals surface area contributed by atoms with Crippen LogP contribution in [0.25, 0.3) is 10.8 Å². The maximum absolute atomic E-state index is 11.6. The Kier molecular flexibility index (Phi) is 9.98. The van der Waals surface area contributed by atoms with Gasteiger partial charge in [-0.2, -0.15) is 0 Å². The summed E-state index contributed by atoms with van der Waals surface area (Å²) in [6.07, 6.45) is 1.38. The van der Waals surface area contributed by atoms with Gasteiger partial charge in [-0.25, -0.2) is 9.79 Å². The molecule has 0 bridgehead atoms. The highest BCUT2D eigenvalue weighted by atomic mass is 127. The summed E-state index contributed by atoms with van der Waals surface area (Å²) in [7, 11) is 0. The number of ether oxygens (including phenoxy) is 1. The molecule has 2 rings (SSSR count). The van der Waals surface area contributed by atoms with E-state index in [0.717, 1.165) is 23.0 Å². The minimum Gasteiger partial charge on any atom is -0.444 e. The zero-order valence-corrected chi connectivity index (χ0v) is 19.2. The first-order valence-electron chi connectivity index (χ1n) is 9.20. The zero-order chi connectivity index (χ0) is 19.7. The van der Waals surface area contributed by atoms with Gasteiger partial charge in [0.2, 0.25) is 0 Å². The lowest BCUT2D eigenvalue weighted by molar-refractivity contribution is 0.0529. The number of pyridine rings is 1. The van der Waals surface area contributed by atoms with Crippen molar-refractivity contribution in [2.75, 3.05) is 19.6 Å². The van der Waals surface area contributed by atoms with Gasteiger partial charge < -0.3 is 20.7 Å². The largest absolute Gasteiger partial charge is 0.444 e. The highest BCUT2D eigenvalue weighted by Gasteiger charge is 2.15. The number of hydrogen-bond donors (Lipinski definition) is 3. The molecule has 0 radical (unpaired) electrons. The smallest absolute Gasteiger partial charge is 0.407 e. The summed E-state index contributed by atoms with van der Waals surface area (Å²) in [6, 6.07) is 10.1. The van der Waals surface area contributed by atoms with Crippen LogP contribution in [0.15, 0.2) is 41.5 Å². The molecule has 7 nitrogen and oxygen atoms in total. The molecule has 0 saturated carbocycles. The number of amides is 1. The van der Waals surface area contributed by atoms with E-state index in [1.807, 2.05) is 45.9 Å². The van der Waals surface area contributed by atoms with Gasteiger partial charge >= 0.3 is 6.09 Å². The van der Waals surface area contributed by atoms with Crippen molar-refractivity contribution in [3.8, 4) is 0 Å². The van der Waals surface area contributed by atoms with E-state index in [-0.39, 0.29) is 24.0 Å². The third kappa shape index (κ3) is 8.28. The third-order valence-electron chi connectivity index (χ3n) is 3.57. The van der Waals surface area contributed by atoms with E-state index in [0.29, 0.717) is 25.6 Å². The summed E-state index contributed by atoms with van der Waals surface area (Å²) in [5.41, 5.74) is 0.427.